The number of aryl methyl sites for hydroxylation is 2. The molecule has 0 aliphatic heterocycles. The van der Waals surface area contributed by atoms with Gasteiger partial charge in [-0.3, -0.25) is 9.59 Å². The van der Waals surface area contributed by atoms with Crippen molar-refractivity contribution in [1.29, 1.82) is 0 Å². The molecule has 2 atom stereocenters. The molecule has 0 saturated heterocycles. The van der Waals surface area contributed by atoms with Crippen molar-refractivity contribution in [2.75, 3.05) is 0 Å². The highest BCUT2D eigenvalue weighted by molar-refractivity contribution is 5.93. The summed E-state index contributed by atoms with van der Waals surface area (Å²) in [6, 6.07) is 10.4. The number of hydrogen-bond donors (Lipinski definition) is 3. The average molecular weight is 538 g/mol. The largest absolute Gasteiger partial charge is 0.508 e. The van der Waals surface area contributed by atoms with Crippen molar-refractivity contribution < 1.29 is 24.2 Å². The molecule has 212 valence electrons. The summed E-state index contributed by atoms with van der Waals surface area (Å²) in [6.07, 6.45) is 1.98. The highest BCUT2D eigenvalue weighted by atomic mass is 16.6. The number of phenolic OH excluding ortho intramolecular Hbond substituents is 1. The van der Waals surface area contributed by atoms with Gasteiger partial charge in [-0.15, -0.1) is 0 Å². The molecule has 8 heteroatoms. The van der Waals surface area contributed by atoms with E-state index >= 15 is 0 Å². The van der Waals surface area contributed by atoms with Crippen LogP contribution in [0.25, 0.3) is 0 Å². The molecule has 0 bridgehead atoms. The SMILES string of the molecule is Cc1ccc(C)c(C(C(=O)NC(C)C)N(C(=O)C(Cc2ccc(O)cc2)NC(=O)OC(C)(C)C)C2CCC2)c1. The van der Waals surface area contributed by atoms with E-state index in [0.717, 1.165) is 41.5 Å². The summed E-state index contributed by atoms with van der Waals surface area (Å²) in [4.78, 5) is 42.8. The van der Waals surface area contributed by atoms with Crippen molar-refractivity contribution in [3.05, 3.63) is 64.7 Å². The van der Waals surface area contributed by atoms with Crippen molar-refractivity contribution in [1.82, 2.24) is 15.5 Å². The van der Waals surface area contributed by atoms with Crippen LogP contribution in [0.1, 0.15) is 82.2 Å². The minimum absolute atomic E-state index is 0.109. The van der Waals surface area contributed by atoms with Crippen LogP contribution < -0.4 is 10.6 Å². The molecule has 0 aromatic heterocycles. The Bertz CT molecular complexity index is 1170. The third-order valence-corrected chi connectivity index (χ3v) is 6.77. The highest BCUT2D eigenvalue weighted by Gasteiger charge is 2.42. The number of carbonyl (C=O) groups excluding carboxylic acids is 3. The Morgan fingerprint density at radius 1 is 1.03 bits per heavy atom. The fraction of sp³-hybridized carbons (Fsp3) is 0.516. The van der Waals surface area contributed by atoms with Crippen LogP contribution in [0.3, 0.4) is 0 Å². The number of alkyl carbamates (subject to hydrolysis) is 1. The number of ether oxygens (including phenoxy) is 1. The molecule has 2 aromatic carbocycles. The summed E-state index contributed by atoms with van der Waals surface area (Å²) in [5.41, 5.74) is 2.69. The van der Waals surface area contributed by atoms with Gasteiger partial charge in [0.25, 0.3) is 0 Å². The third-order valence-electron chi connectivity index (χ3n) is 6.77. The van der Waals surface area contributed by atoms with Gasteiger partial charge in [0.15, 0.2) is 0 Å². The molecule has 2 unspecified atom stereocenters. The van der Waals surface area contributed by atoms with E-state index < -0.39 is 23.8 Å². The van der Waals surface area contributed by atoms with Crippen molar-refractivity contribution in [3.63, 3.8) is 0 Å². The molecule has 1 saturated carbocycles. The number of phenols is 1. The maximum atomic E-state index is 14.5. The number of hydrogen-bond acceptors (Lipinski definition) is 5. The normalized spacial score (nSPS) is 15.2. The Kier molecular flexibility index (Phi) is 9.64. The minimum atomic E-state index is -0.982. The summed E-state index contributed by atoms with van der Waals surface area (Å²) >= 11 is 0. The number of nitrogens with one attached hydrogen (secondary N) is 2. The topological polar surface area (TPSA) is 108 Å². The molecular formula is C31H43N3O5. The minimum Gasteiger partial charge on any atom is -0.508 e. The Hall–Kier alpha value is -3.55. The lowest BCUT2D eigenvalue weighted by Gasteiger charge is -2.44. The van der Waals surface area contributed by atoms with E-state index in [-0.39, 0.29) is 36.1 Å². The summed E-state index contributed by atoms with van der Waals surface area (Å²) in [5.74, 6) is -0.485. The van der Waals surface area contributed by atoms with Gasteiger partial charge in [-0.05, 0) is 96.6 Å². The summed E-state index contributed by atoms with van der Waals surface area (Å²) < 4.78 is 5.50. The van der Waals surface area contributed by atoms with E-state index in [9.17, 15) is 19.5 Å². The Labute approximate surface area is 232 Å². The van der Waals surface area contributed by atoms with E-state index in [1.165, 1.54) is 0 Å². The molecule has 3 amide bonds. The van der Waals surface area contributed by atoms with E-state index in [1.54, 1.807) is 49.9 Å². The quantitative estimate of drug-likeness (QED) is 0.413. The van der Waals surface area contributed by atoms with Gasteiger partial charge in [0.2, 0.25) is 11.8 Å². The molecule has 39 heavy (non-hydrogen) atoms. The average Bonchev–Trinajstić information content (AvgIpc) is 2.78. The van der Waals surface area contributed by atoms with Gasteiger partial charge in [-0.1, -0.05) is 35.9 Å². The first-order valence-corrected chi connectivity index (χ1v) is 13.7. The van der Waals surface area contributed by atoms with Crippen LogP contribution in [0, 0.1) is 13.8 Å². The van der Waals surface area contributed by atoms with Crippen molar-refractivity contribution in [3.8, 4) is 5.75 Å². The lowest BCUT2D eigenvalue weighted by Crippen LogP contribution is -2.58. The van der Waals surface area contributed by atoms with Crippen LogP contribution in [0.4, 0.5) is 4.79 Å². The predicted octanol–water partition coefficient (Wildman–Crippen LogP) is 5.09. The van der Waals surface area contributed by atoms with Crippen LogP contribution in [0.15, 0.2) is 42.5 Å². The van der Waals surface area contributed by atoms with Crippen LogP contribution in [0.2, 0.25) is 0 Å². The first-order valence-electron chi connectivity index (χ1n) is 13.7. The number of benzene rings is 2. The van der Waals surface area contributed by atoms with Crippen LogP contribution in [0.5, 0.6) is 5.75 Å². The number of nitrogens with zero attached hydrogens (tertiary/aromatic N) is 1. The van der Waals surface area contributed by atoms with Gasteiger partial charge < -0.3 is 25.4 Å². The molecule has 0 radical (unpaired) electrons. The third kappa shape index (κ3) is 8.22. The Morgan fingerprint density at radius 2 is 1.67 bits per heavy atom. The second kappa shape index (κ2) is 12.5. The van der Waals surface area contributed by atoms with Crippen LogP contribution in [-0.2, 0) is 20.7 Å². The highest BCUT2D eigenvalue weighted by Crippen LogP contribution is 2.35. The van der Waals surface area contributed by atoms with E-state index in [2.05, 4.69) is 10.6 Å². The zero-order valence-corrected chi connectivity index (χ0v) is 24.2. The van der Waals surface area contributed by atoms with Gasteiger partial charge in [-0.25, -0.2) is 4.79 Å². The molecule has 1 aliphatic carbocycles. The molecule has 1 fully saturated rings. The molecule has 1 aliphatic rings. The summed E-state index contributed by atoms with van der Waals surface area (Å²) in [6.45, 7) is 13.0. The fourth-order valence-corrected chi connectivity index (χ4v) is 4.72. The van der Waals surface area contributed by atoms with Crippen molar-refractivity contribution in [2.24, 2.45) is 0 Å². The molecule has 2 aromatic rings. The number of aromatic hydroxyl groups is 1. The van der Waals surface area contributed by atoms with Gasteiger partial charge in [0, 0.05) is 18.5 Å². The second-order valence-electron chi connectivity index (χ2n) is 11.8. The lowest BCUT2D eigenvalue weighted by atomic mass is 9.86. The first-order chi connectivity index (χ1) is 18.2. The van der Waals surface area contributed by atoms with Crippen LogP contribution >= 0.6 is 0 Å². The Morgan fingerprint density at radius 3 is 2.21 bits per heavy atom. The Balaban J connectivity index is 2.07. The fourth-order valence-electron chi connectivity index (χ4n) is 4.72. The number of carbonyl (C=O) groups is 3. The molecule has 0 spiro atoms. The predicted molar refractivity (Wildman–Crippen MR) is 151 cm³/mol. The van der Waals surface area contributed by atoms with E-state index in [4.69, 9.17) is 4.74 Å². The van der Waals surface area contributed by atoms with E-state index in [0.29, 0.717) is 0 Å². The van der Waals surface area contributed by atoms with Gasteiger partial charge in [0.1, 0.15) is 23.4 Å². The molecule has 3 rings (SSSR count). The monoisotopic (exact) mass is 537 g/mol. The van der Waals surface area contributed by atoms with E-state index in [1.807, 2.05) is 45.9 Å². The summed E-state index contributed by atoms with van der Waals surface area (Å²) in [5, 5.41) is 15.6. The molecule has 0 heterocycles. The maximum Gasteiger partial charge on any atom is 0.408 e. The molecule has 8 nitrogen and oxygen atoms in total. The van der Waals surface area contributed by atoms with Gasteiger partial charge in [-0.2, -0.15) is 0 Å². The maximum absolute atomic E-state index is 14.5. The lowest BCUT2D eigenvalue weighted by molar-refractivity contribution is -0.147. The van der Waals surface area contributed by atoms with Crippen molar-refractivity contribution >= 4 is 17.9 Å². The first kappa shape index (κ1) is 30.0. The van der Waals surface area contributed by atoms with Crippen molar-refractivity contribution in [2.45, 2.75) is 104 Å². The number of amides is 3. The zero-order valence-electron chi connectivity index (χ0n) is 24.2. The smallest absolute Gasteiger partial charge is 0.408 e. The summed E-state index contributed by atoms with van der Waals surface area (Å²) in [7, 11) is 0. The standard InChI is InChI=1S/C31H43N3O5/c1-19(2)32-28(36)27(25-17-20(3)11-12-21(25)4)34(23-9-8-10-23)29(37)26(33-30(38)39-31(5,6)7)18-22-13-15-24(35)16-14-22/h11-17,19,23,26-27,35H,8-10,18H2,1-7H3,(H,32,36)(H,33,38). The molecular weight excluding hydrogens is 494 g/mol. The number of rotatable bonds is 9. The molecule has 3 N–H and O–H groups in total. The second-order valence-corrected chi connectivity index (χ2v) is 11.8. The van der Waals surface area contributed by atoms with Crippen LogP contribution in [-0.4, -0.2) is 51.6 Å². The van der Waals surface area contributed by atoms with Gasteiger partial charge >= 0.3 is 6.09 Å². The van der Waals surface area contributed by atoms with Gasteiger partial charge in [0.05, 0.1) is 0 Å². The zero-order chi connectivity index (χ0) is 28.9.